The molecule has 21 heavy (non-hydrogen) atoms. The molecule has 6 heteroatoms. The number of amides is 1. The number of carboxylic acids is 1. The Balaban J connectivity index is 1.75. The summed E-state index contributed by atoms with van der Waals surface area (Å²) in [5.41, 5.74) is 0. The minimum Gasteiger partial charge on any atom is -0.481 e. The second-order valence-corrected chi connectivity index (χ2v) is 6.08. The minimum absolute atomic E-state index is 0.0512. The highest BCUT2D eigenvalue weighted by Gasteiger charge is 2.29. The number of carbonyl (C=O) groups excluding carboxylic acids is 1. The Hall–Kier alpha value is -1.14. The lowest BCUT2D eigenvalue weighted by Gasteiger charge is -2.39. The molecule has 0 radical (unpaired) electrons. The van der Waals surface area contributed by atoms with E-state index in [2.05, 4.69) is 9.80 Å². The second kappa shape index (κ2) is 7.75. The number of rotatable bonds is 5. The maximum Gasteiger partial charge on any atom is 0.304 e. The molecule has 0 saturated carbocycles. The van der Waals surface area contributed by atoms with E-state index >= 15 is 0 Å². The summed E-state index contributed by atoms with van der Waals surface area (Å²) in [6.45, 7) is 7.82. The van der Waals surface area contributed by atoms with E-state index < -0.39 is 5.97 Å². The van der Waals surface area contributed by atoms with E-state index in [9.17, 15) is 9.59 Å². The Kier molecular flexibility index (Phi) is 5.99. The Morgan fingerprint density at radius 2 is 1.62 bits per heavy atom. The van der Waals surface area contributed by atoms with Gasteiger partial charge in [-0.15, -0.1) is 0 Å². The third kappa shape index (κ3) is 4.68. The fraction of sp³-hybridized carbons (Fsp3) is 0.867. The second-order valence-electron chi connectivity index (χ2n) is 6.08. The van der Waals surface area contributed by atoms with Gasteiger partial charge in [-0.3, -0.25) is 14.5 Å². The SMILES string of the molecule is CC(C(=O)N1CCCCC1)N1CCN(CCC(=O)O)CC1. The van der Waals surface area contributed by atoms with Crippen LogP contribution in [0.15, 0.2) is 0 Å². The summed E-state index contributed by atoms with van der Waals surface area (Å²) < 4.78 is 0. The maximum atomic E-state index is 12.5. The van der Waals surface area contributed by atoms with Gasteiger partial charge in [0.1, 0.15) is 0 Å². The van der Waals surface area contributed by atoms with Crippen LogP contribution in [0.25, 0.3) is 0 Å². The number of hydrogen-bond acceptors (Lipinski definition) is 4. The molecule has 0 spiro atoms. The predicted molar refractivity (Wildman–Crippen MR) is 80.2 cm³/mol. The molecule has 120 valence electrons. The molecular formula is C15H27N3O3. The number of likely N-dealkylation sites (tertiary alicyclic amines) is 1. The smallest absolute Gasteiger partial charge is 0.304 e. The van der Waals surface area contributed by atoms with Crippen LogP contribution in [0, 0.1) is 0 Å². The first-order valence-corrected chi connectivity index (χ1v) is 8.05. The van der Waals surface area contributed by atoms with Gasteiger partial charge in [0, 0.05) is 45.8 Å². The van der Waals surface area contributed by atoms with Crippen LogP contribution in [0.3, 0.4) is 0 Å². The molecule has 1 atom stereocenters. The molecule has 2 saturated heterocycles. The number of hydrogen-bond donors (Lipinski definition) is 1. The van der Waals surface area contributed by atoms with Crippen LogP contribution in [0.1, 0.15) is 32.6 Å². The zero-order chi connectivity index (χ0) is 15.2. The zero-order valence-electron chi connectivity index (χ0n) is 13.0. The lowest BCUT2D eigenvalue weighted by molar-refractivity contribution is -0.138. The van der Waals surface area contributed by atoms with Crippen molar-refractivity contribution in [2.75, 3.05) is 45.8 Å². The largest absolute Gasteiger partial charge is 0.481 e. The monoisotopic (exact) mass is 297 g/mol. The first-order chi connectivity index (χ1) is 10.1. The molecule has 0 aliphatic carbocycles. The van der Waals surface area contributed by atoms with Crippen LogP contribution in [0.2, 0.25) is 0 Å². The number of aliphatic carboxylic acids is 1. The number of piperidine rings is 1. The molecule has 2 aliphatic heterocycles. The Morgan fingerprint density at radius 3 is 2.19 bits per heavy atom. The van der Waals surface area contributed by atoms with Crippen molar-refractivity contribution in [3.05, 3.63) is 0 Å². The van der Waals surface area contributed by atoms with E-state index in [-0.39, 0.29) is 18.4 Å². The van der Waals surface area contributed by atoms with Gasteiger partial charge in [0.15, 0.2) is 0 Å². The topological polar surface area (TPSA) is 64.1 Å². The summed E-state index contributed by atoms with van der Waals surface area (Å²) in [4.78, 5) is 29.5. The molecule has 1 N–H and O–H groups in total. The fourth-order valence-electron chi connectivity index (χ4n) is 3.16. The number of piperazine rings is 1. The van der Waals surface area contributed by atoms with Crippen molar-refractivity contribution in [2.45, 2.75) is 38.6 Å². The van der Waals surface area contributed by atoms with Gasteiger partial charge in [-0.1, -0.05) is 0 Å². The Morgan fingerprint density at radius 1 is 1.00 bits per heavy atom. The van der Waals surface area contributed by atoms with Crippen molar-refractivity contribution in [1.29, 1.82) is 0 Å². The van der Waals surface area contributed by atoms with E-state index in [0.717, 1.165) is 52.1 Å². The van der Waals surface area contributed by atoms with E-state index in [4.69, 9.17) is 5.11 Å². The summed E-state index contributed by atoms with van der Waals surface area (Å²) in [7, 11) is 0. The highest BCUT2D eigenvalue weighted by molar-refractivity contribution is 5.81. The molecule has 2 aliphatic rings. The van der Waals surface area contributed by atoms with Crippen molar-refractivity contribution < 1.29 is 14.7 Å². The summed E-state index contributed by atoms with van der Waals surface area (Å²) in [6, 6.07) is -0.0512. The van der Waals surface area contributed by atoms with Crippen LogP contribution in [-0.4, -0.2) is 83.5 Å². The molecule has 0 aromatic heterocycles. The van der Waals surface area contributed by atoms with Gasteiger partial charge in [-0.2, -0.15) is 0 Å². The fourth-order valence-corrected chi connectivity index (χ4v) is 3.16. The molecule has 6 nitrogen and oxygen atoms in total. The molecule has 2 heterocycles. The van der Waals surface area contributed by atoms with Crippen LogP contribution >= 0.6 is 0 Å². The number of carbonyl (C=O) groups is 2. The lowest BCUT2D eigenvalue weighted by Crippen LogP contribution is -2.55. The van der Waals surface area contributed by atoms with E-state index in [1.54, 1.807) is 0 Å². The third-order valence-electron chi connectivity index (χ3n) is 4.62. The van der Waals surface area contributed by atoms with Crippen LogP contribution < -0.4 is 0 Å². The summed E-state index contributed by atoms with van der Waals surface area (Å²) in [5, 5.41) is 8.71. The molecule has 1 amide bonds. The summed E-state index contributed by atoms with van der Waals surface area (Å²) >= 11 is 0. The number of nitrogens with zero attached hydrogens (tertiary/aromatic N) is 3. The van der Waals surface area contributed by atoms with E-state index in [0.29, 0.717) is 6.54 Å². The van der Waals surface area contributed by atoms with E-state index in [1.807, 2.05) is 11.8 Å². The van der Waals surface area contributed by atoms with Crippen LogP contribution in [0.4, 0.5) is 0 Å². The molecule has 0 aromatic carbocycles. The molecule has 1 unspecified atom stereocenters. The van der Waals surface area contributed by atoms with E-state index in [1.165, 1.54) is 6.42 Å². The van der Waals surface area contributed by atoms with Gasteiger partial charge in [0.2, 0.25) is 5.91 Å². The lowest BCUT2D eigenvalue weighted by atomic mass is 10.1. The average molecular weight is 297 g/mol. The van der Waals surface area contributed by atoms with Gasteiger partial charge in [0.25, 0.3) is 0 Å². The summed E-state index contributed by atoms with van der Waals surface area (Å²) in [5.74, 6) is -0.486. The molecule has 0 aromatic rings. The molecule has 0 bridgehead atoms. The number of carboxylic acid groups (broad SMARTS) is 1. The Bertz CT molecular complexity index is 361. The zero-order valence-corrected chi connectivity index (χ0v) is 13.0. The summed E-state index contributed by atoms with van der Waals surface area (Å²) in [6.07, 6.45) is 3.69. The van der Waals surface area contributed by atoms with Gasteiger partial charge in [0.05, 0.1) is 12.5 Å². The Labute approximate surface area is 126 Å². The van der Waals surface area contributed by atoms with Crippen molar-refractivity contribution in [1.82, 2.24) is 14.7 Å². The third-order valence-corrected chi connectivity index (χ3v) is 4.62. The van der Waals surface area contributed by atoms with Gasteiger partial charge in [-0.25, -0.2) is 0 Å². The molecular weight excluding hydrogens is 270 g/mol. The maximum absolute atomic E-state index is 12.5. The molecule has 2 fully saturated rings. The first kappa shape index (κ1) is 16.2. The minimum atomic E-state index is -0.744. The average Bonchev–Trinajstić information content (AvgIpc) is 2.53. The van der Waals surface area contributed by atoms with Crippen molar-refractivity contribution in [2.24, 2.45) is 0 Å². The standard InChI is InChI=1S/C15H27N3O3/c1-13(15(21)18-6-3-2-4-7-18)17-11-9-16(10-12-17)8-5-14(19)20/h13H,2-12H2,1H3,(H,19,20). The van der Waals surface area contributed by atoms with Crippen LogP contribution in [-0.2, 0) is 9.59 Å². The van der Waals surface area contributed by atoms with Crippen LogP contribution in [0.5, 0.6) is 0 Å². The van der Waals surface area contributed by atoms with Crippen molar-refractivity contribution in [3.8, 4) is 0 Å². The molecule has 2 rings (SSSR count). The van der Waals surface area contributed by atoms with Crippen molar-refractivity contribution >= 4 is 11.9 Å². The highest BCUT2D eigenvalue weighted by Crippen LogP contribution is 2.14. The highest BCUT2D eigenvalue weighted by atomic mass is 16.4. The van der Waals surface area contributed by atoms with Crippen molar-refractivity contribution in [3.63, 3.8) is 0 Å². The van der Waals surface area contributed by atoms with Gasteiger partial charge >= 0.3 is 5.97 Å². The predicted octanol–water partition coefficient (Wildman–Crippen LogP) is 0.480. The first-order valence-electron chi connectivity index (χ1n) is 8.05. The van der Waals surface area contributed by atoms with Gasteiger partial charge < -0.3 is 14.9 Å². The van der Waals surface area contributed by atoms with Gasteiger partial charge in [-0.05, 0) is 26.2 Å². The normalized spacial score (nSPS) is 23.0. The quantitative estimate of drug-likeness (QED) is 0.799.